The van der Waals surface area contributed by atoms with Gasteiger partial charge < -0.3 is 0 Å². The van der Waals surface area contributed by atoms with Crippen LogP contribution < -0.4 is 0 Å². The Bertz CT molecular complexity index is 249. The fraction of sp³-hybridized carbons (Fsp3) is 0.867. The van der Waals surface area contributed by atoms with Gasteiger partial charge in [0.05, 0.1) is 0 Å². The molecule has 0 N–H and O–H groups in total. The van der Waals surface area contributed by atoms with E-state index in [2.05, 4.69) is 33.8 Å². The average Bonchev–Trinajstić information content (AvgIpc) is 2.17. The van der Waals surface area contributed by atoms with Gasteiger partial charge in [-0.3, -0.25) is 0 Å². The molecule has 0 heterocycles. The molecule has 0 unspecified atom stereocenters. The first-order valence-corrected chi connectivity index (χ1v) is 6.77. The second-order valence-electron chi connectivity index (χ2n) is 6.26. The number of rotatable bonds is 1. The lowest BCUT2D eigenvalue weighted by molar-refractivity contribution is 0.0882. The van der Waals surface area contributed by atoms with Gasteiger partial charge in [-0.25, -0.2) is 0 Å². The van der Waals surface area contributed by atoms with Crippen molar-refractivity contribution in [1.82, 2.24) is 0 Å². The summed E-state index contributed by atoms with van der Waals surface area (Å²) in [6.07, 6.45) is 8.36. The molecule has 86 valence electrons. The largest absolute Gasteiger partial charge is 0.0819 e. The quantitative estimate of drug-likeness (QED) is 0.547. The molecular formula is C15H26. The van der Waals surface area contributed by atoms with Crippen LogP contribution in [0, 0.1) is 29.6 Å². The predicted molar refractivity (Wildman–Crippen MR) is 66.7 cm³/mol. The third-order valence-corrected chi connectivity index (χ3v) is 4.88. The zero-order valence-corrected chi connectivity index (χ0v) is 10.8. The van der Waals surface area contributed by atoms with E-state index in [0.29, 0.717) is 0 Å². The van der Waals surface area contributed by atoms with E-state index in [1.807, 2.05) is 0 Å². The molecule has 2 aliphatic rings. The number of allylic oxidation sites excluding steroid dienone is 2. The highest BCUT2D eigenvalue weighted by atomic mass is 14.4. The molecule has 1 fully saturated rings. The molecule has 15 heavy (non-hydrogen) atoms. The number of hydrogen-bond acceptors (Lipinski definition) is 0. The minimum Gasteiger partial charge on any atom is -0.0819 e. The fourth-order valence-electron chi connectivity index (χ4n) is 3.87. The summed E-state index contributed by atoms with van der Waals surface area (Å²) in [6.45, 7) is 9.63. The Balaban J connectivity index is 2.20. The molecule has 0 heteroatoms. The van der Waals surface area contributed by atoms with E-state index in [4.69, 9.17) is 0 Å². The van der Waals surface area contributed by atoms with E-state index in [1.165, 1.54) is 25.7 Å². The summed E-state index contributed by atoms with van der Waals surface area (Å²) in [7, 11) is 0. The third-order valence-electron chi connectivity index (χ3n) is 4.88. The summed E-state index contributed by atoms with van der Waals surface area (Å²) in [5.41, 5.74) is 1.65. The Hall–Kier alpha value is -0.260. The van der Waals surface area contributed by atoms with Crippen molar-refractivity contribution in [2.75, 3.05) is 0 Å². The molecule has 0 bridgehead atoms. The van der Waals surface area contributed by atoms with E-state index in [0.717, 1.165) is 29.6 Å². The van der Waals surface area contributed by atoms with Crippen LogP contribution >= 0.6 is 0 Å². The molecule has 0 aromatic carbocycles. The summed E-state index contributed by atoms with van der Waals surface area (Å²) in [5.74, 6) is 4.69. The smallest absolute Gasteiger partial charge is 0.0169 e. The first kappa shape index (κ1) is 11.2. The van der Waals surface area contributed by atoms with Crippen molar-refractivity contribution in [3.05, 3.63) is 11.6 Å². The molecule has 0 aromatic rings. The molecular weight excluding hydrogens is 180 g/mol. The van der Waals surface area contributed by atoms with Gasteiger partial charge in [-0.2, -0.15) is 0 Å². The summed E-state index contributed by atoms with van der Waals surface area (Å²) in [5, 5.41) is 0. The van der Waals surface area contributed by atoms with Gasteiger partial charge in [0.2, 0.25) is 0 Å². The van der Waals surface area contributed by atoms with Crippen molar-refractivity contribution >= 4 is 0 Å². The van der Waals surface area contributed by atoms with Crippen LogP contribution in [-0.4, -0.2) is 0 Å². The summed E-state index contributed by atoms with van der Waals surface area (Å²) in [4.78, 5) is 0. The molecule has 0 aliphatic heterocycles. The van der Waals surface area contributed by atoms with Crippen LogP contribution in [0.15, 0.2) is 11.6 Å². The van der Waals surface area contributed by atoms with Crippen LogP contribution in [0.3, 0.4) is 0 Å². The van der Waals surface area contributed by atoms with Gasteiger partial charge in [0, 0.05) is 0 Å². The Kier molecular flexibility index (Phi) is 3.23. The van der Waals surface area contributed by atoms with Crippen LogP contribution in [0.1, 0.15) is 53.4 Å². The second-order valence-corrected chi connectivity index (χ2v) is 6.26. The zero-order valence-electron chi connectivity index (χ0n) is 10.8. The van der Waals surface area contributed by atoms with E-state index in [9.17, 15) is 0 Å². The first-order valence-electron chi connectivity index (χ1n) is 6.77. The lowest BCUT2D eigenvalue weighted by atomic mass is 9.60. The Morgan fingerprint density at radius 3 is 2.60 bits per heavy atom. The molecule has 0 nitrogen and oxygen atoms in total. The van der Waals surface area contributed by atoms with Gasteiger partial charge in [-0.15, -0.1) is 0 Å². The first-order chi connectivity index (χ1) is 7.09. The second kappa shape index (κ2) is 4.31. The molecule has 2 aliphatic carbocycles. The molecule has 2 rings (SSSR count). The maximum atomic E-state index is 2.62. The van der Waals surface area contributed by atoms with Gasteiger partial charge in [-0.1, -0.05) is 38.8 Å². The van der Waals surface area contributed by atoms with Gasteiger partial charge >= 0.3 is 0 Å². The van der Waals surface area contributed by atoms with Crippen LogP contribution in [0.4, 0.5) is 0 Å². The Morgan fingerprint density at radius 1 is 1.20 bits per heavy atom. The van der Waals surface area contributed by atoms with Crippen LogP contribution in [0.25, 0.3) is 0 Å². The van der Waals surface area contributed by atoms with E-state index < -0.39 is 0 Å². The maximum Gasteiger partial charge on any atom is -0.0169 e. The summed E-state index contributed by atoms with van der Waals surface area (Å²) >= 11 is 0. The molecule has 0 radical (unpaired) electrons. The molecule has 1 saturated carbocycles. The molecule has 0 spiro atoms. The van der Waals surface area contributed by atoms with E-state index in [1.54, 1.807) is 5.57 Å². The van der Waals surface area contributed by atoms with E-state index in [-0.39, 0.29) is 0 Å². The highest BCUT2D eigenvalue weighted by molar-refractivity contribution is 5.10. The van der Waals surface area contributed by atoms with Crippen molar-refractivity contribution in [1.29, 1.82) is 0 Å². The van der Waals surface area contributed by atoms with Crippen LogP contribution in [0.2, 0.25) is 0 Å². The fourth-order valence-corrected chi connectivity index (χ4v) is 3.87. The minimum absolute atomic E-state index is 0.868. The lowest BCUT2D eigenvalue weighted by Crippen LogP contribution is -2.36. The Labute approximate surface area is 95.1 Å². The number of fused-ring (bicyclic) bond motifs is 1. The topological polar surface area (TPSA) is 0 Å². The van der Waals surface area contributed by atoms with Crippen molar-refractivity contribution in [3.63, 3.8) is 0 Å². The van der Waals surface area contributed by atoms with Crippen molar-refractivity contribution in [2.45, 2.75) is 53.4 Å². The minimum atomic E-state index is 0.868. The Morgan fingerprint density at radius 2 is 1.93 bits per heavy atom. The van der Waals surface area contributed by atoms with Gasteiger partial charge in [-0.05, 0) is 55.8 Å². The third kappa shape index (κ3) is 2.14. The molecule has 0 aromatic heterocycles. The highest BCUT2D eigenvalue weighted by Crippen LogP contribution is 2.47. The van der Waals surface area contributed by atoms with Gasteiger partial charge in [0.15, 0.2) is 0 Å². The van der Waals surface area contributed by atoms with Crippen molar-refractivity contribution < 1.29 is 0 Å². The van der Waals surface area contributed by atoms with Gasteiger partial charge in [0.25, 0.3) is 0 Å². The SMILES string of the molecule is CC1=C[C@H]2[C@H](CC1)[C@@H](C)CC[C@H]2C(C)C. The molecule has 4 atom stereocenters. The molecule has 0 amide bonds. The molecule has 0 saturated heterocycles. The van der Waals surface area contributed by atoms with Crippen LogP contribution in [0.5, 0.6) is 0 Å². The standard InChI is InChI=1S/C15H26/c1-10(2)13-8-6-12(4)14-7-5-11(3)9-15(13)14/h9-10,12-15H,5-8H2,1-4H3/t12-,13-,14+,15+/m0/s1. The summed E-state index contributed by atoms with van der Waals surface area (Å²) < 4.78 is 0. The van der Waals surface area contributed by atoms with Crippen molar-refractivity contribution in [2.24, 2.45) is 29.6 Å². The zero-order chi connectivity index (χ0) is 11.0. The van der Waals surface area contributed by atoms with Crippen molar-refractivity contribution in [3.8, 4) is 0 Å². The highest BCUT2D eigenvalue weighted by Gasteiger charge is 2.38. The van der Waals surface area contributed by atoms with Crippen LogP contribution in [-0.2, 0) is 0 Å². The average molecular weight is 206 g/mol. The normalized spacial score (nSPS) is 41.3. The van der Waals surface area contributed by atoms with Gasteiger partial charge in [0.1, 0.15) is 0 Å². The van der Waals surface area contributed by atoms with E-state index >= 15 is 0 Å². The lowest BCUT2D eigenvalue weighted by Gasteiger charge is -2.45. The predicted octanol–water partition coefficient (Wildman–Crippen LogP) is 4.66. The summed E-state index contributed by atoms with van der Waals surface area (Å²) in [6, 6.07) is 0. The maximum absolute atomic E-state index is 2.62. The number of hydrogen-bond donors (Lipinski definition) is 0. The monoisotopic (exact) mass is 206 g/mol.